The standard InChI is InChI=1S/C24H19NO3/c1-17(26)25-22-10-6-5-9-21(22)24(27)23(25)15-18-11-13-20(14-12-18)28-16-19-7-3-2-4-8-19/h2-15H,16H2,1H3/b23-15+. The van der Waals surface area contributed by atoms with Gasteiger partial charge in [0.1, 0.15) is 12.4 Å². The van der Waals surface area contributed by atoms with Crippen molar-refractivity contribution in [2.24, 2.45) is 0 Å². The molecule has 0 spiro atoms. The number of carbonyl (C=O) groups is 2. The molecule has 0 atom stereocenters. The van der Waals surface area contributed by atoms with E-state index in [-0.39, 0.29) is 11.7 Å². The summed E-state index contributed by atoms with van der Waals surface area (Å²) < 4.78 is 5.80. The minimum absolute atomic E-state index is 0.143. The summed E-state index contributed by atoms with van der Waals surface area (Å²) in [6, 6.07) is 24.6. The number of nitrogens with zero attached hydrogens (tertiary/aromatic N) is 1. The minimum atomic E-state index is -0.188. The highest BCUT2D eigenvalue weighted by Gasteiger charge is 2.34. The number of hydrogen-bond acceptors (Lipinski definition) is 3. The van der Waals surface area contributed by atoms with Gasteiger partial charge in [0.25, 0.3) is 0 Å². The monoisotopic (exact) mass is 369 g/mol. The molecule has 0 aliphatic carbocycles. The number of ether oxygens (including phenoxy) is 1. The normalized spacial score (nSPS) is 14.2. The van der Waals surface area contributed by atoms with Gasteiger partial charge in [-0.2, -0.15) is 0 Å². The van der Waals surface area contributed by atoms with E-state index in [1.54, 1.807) is 24.3 Å². The van der Waals surface area contributed by atoms with Crippen LogP contribution in [0.4, 0.5) is 5.69 Å². The third-order valence-electron chi connectivity index (χ3n) is 4.61. The topological polar surface area (TPSA) is 46.6 Å². The van der Waals surface area contributed by atoms with Gasteiger partial charge < -0.3 is 4.74 Å². The van der Waals surface area contributed by atoms with Crippen LogP contribution in [0.15, 0.2) is 84.6 Å². The van der Waals surface area contributed by atoms with Crippen molar-refractivity contribution in [1.29, 1.82) is 0 Å². The molecule has 4 nitrogen and oxygen atoms in total. The van der Waals surface area contributed by atoms with Crippen LogP contribution < -0.4 is 9.64 Å². The van der Waals surface area contributed by atoms with Crippen LogP contribution in [-0.4, -0.2) is 11.7 Å². The number of carbonyl (C=O) groups excluding carboxylic acids is 2. The van der Waals surface area contributed by atoms with E-state index in [9.17, 15) is 9.59 Å². The number of hydrogen-bond donors (Lipinski definition) is 0. The summed E-state index contributed by atoms with van der Waals surface area (Å²) in [7, 11) is 0. The number of ketones is 1. The van der Waals surface area contributed by atoms with Crippen LogP contribution in [0.2, 0.25) is 0 Å². The van der Waals surface area contributed by atoms with Crippen LogP contribution in [-0.2, 0) is 11.4 Å². The van der Waals surface area contributed by atoms with E-state index in [4.69, 9.17) is 4.74 Å². The minimum Gasteiger partial charge on any atom is -0.489 e. The van der Waals surface area contributed by atoms with Crippen LogP contribution in [0.25, 0.3) is 6.08 Å². The molecule has 1 amide bonds. The summed E-state index contributed by atoms with van der Waals surface area (Å²) in [6.07, 6.45) is 1.74. The lowest BCUT2D eigenvalue weighted by atomic mass is 10.1. The Morgan fingerprint density at radius 1 is 0.929 bits per heavy atom. The van der Waals surface area contributed by atoms with Crippen molar-refractivity contribution in [3.63, 3.8) is 0 Å². The average Bonchev–Trinajstić information content (AvgIpc) is 3.00. The lowest BCUT2D eigenvalue weighted by Crippen LogP contribution is -2.25. The summed E-state index contributed by atoms with van der Waals surface area (Å²) in [5.74, 6) is 0.415. The maximum atomic E-state index is 12.8. The Morgan fingerprint density at radius 2 is 1.61 bits per heavy atom. The Bertz CT molecular complexity index is 1050. The Balaban J connectivity index is 1.55. The van der Waals surface area contributed by atoms with Crippen molar-refractivity contribution < 1.29 is 14.3 Å². The molecule has 1 aliphatic rings. The van der Waals surface area contributed by atoms with E-state index in [0.29, 0.717) is 23.6 Å². The molecule has 4 rings (SSSR count). The molecule has 1 aliphatic heterocycles. The number of para-hydroxylation sites is 1. The first-order valence-corrected chi connectivity index (χ1v) is 9.06. The molecular weight excluding hydrogens is 350 g/mol. The first-order valence-electron chi connectivity index (χ1n) is 9.06. The summed E-state index contributed by atoms with van der Waals surface area (Å²) in [6.45, 7) is 1.96. The van der Waals surface area contributed by atoms with Crippen molar-refractivity contribution in [3.05, 3.63) is 101 Å². The summed E-state index contributed by atoms with van der Waals surface area (Å²) in [5.41, 5.74) is 3.47. The third kappa shape index (κ3) is 3.45. The van der Waals surface area contributed by atoms with Crippen LogP contribution in [0.5, 0.6) is 5.75 Å². The van der Waals surface area contributed by atoms with Crippen molar-refractivity contribution >= 4 is 23.5 Å². The number of anilines is 1. The number of allylic oxidation sites excluding steroid dienone is 1. The van der Waals surface area contributed by atoms with E-state index in [2.05, 4.69) is 0 Å². The molecule has 1 heterocycles. The second-order valence-electron chi connectivity index (χ2n) is 6.57. The zero-order chi connectivity index (χ0) is 19.5. The zero-order valence-corrected chi connectivity index (χ0v) is 15.5. The SMILES string of the molecule is CC(=O)N1/C(=C/c2ccc(OCc3ccccc3)cc2)C(=O)c2ccccc21. The second kappa shape index (κ2) is 7.53. The predicted molar refractivity (Wildman–Crippen MR) is 109 cm³/mol. The van der Waals surface area contributed by atoms with Gasteiger partial charge in [-0.25, -0.2) is 0 Å². The maximum Gasteiger partial charge on any atom is 0.228 e. The van der Waals surface area contributed by atoms with Gasteiger partial charge >= 0.3 is 0 Å². The molecule has 3 aromatic rings. The Hall–Kier alpha value is -3.66. The molecule has 0 radical (unpaired) electrons. The lowest BCUT2D eigenvalue weighted by molar-refractivity contribution is -0.116. The van der Waals surface area contributed by atoms with E-state index in [1.807, 2.05) is 60.7 Å². The summed E-state index contributed by atoms with van der Waals surface area (Å²) >= 11 is 0. The molecule has 28 heavy (non-hydrogen) atoms. The Kier molecular flexibility index (Phi) is 4.77. The van der Waals surface area contributed by atoms with Gasteiger partial charge in [0.15, 0.2) is 0 Å². The van der Waals surface area contributed by atoms with E-state index in [1.165, 1.54) is 11.8 Å². The number of Topliss-reactive ketones (excluding diaryl/α,β-unsaturated/α-hetero) is 1. The fraction of sp³-hybridized carbons (Fsp3) is 0.0833. The number of fused-ring (bicyclic) bond motifs is 1. The molecule has 0 bridgehead atoms. The first-order chi connectivity index (χ1) is 13.6. The van der Waals surface area contributed by atoms with Crippen LogP contribution in [0, 0.1) is 0 Å². The molecule has 3 aromatic carbocycles. The third-order valence-corrected chi connectivity index (χ3v) is 4.61. The fourth-order valence-electron chi connectivity index (χ4n) is 3.26. The van der Waals surface area contributed by atoms with Crippen molar-refractivity contribution in [2.75, 3.05) is 4.90 Å². The number of rotatable bonds is 4. The van der Waals surface area contributed by atoms with Gasteiger partial charge in [-0.3, -0.25) is 14.5 Å². The second-order valence-corrected chi connectivity index (χ2v) is 6.57. The van der Waals surface area contributed by atoms with E-state index < -0.39 is 0 Å². The summed E-state index contributed by atoms with van der Waals surface area (Å²) in [5, 5.41) is 0. The van der Waals surface area contributed by atoms with E-state index >= 15 is 0 Å². The van der Waals surface area contributed by atoms with Gasteiger partial charge in [-0.1, -0.05) is 54.6 Å². The maximum absolute atomic E-state index is 12.8. The van der Waals surface area contributed by atoms with Gasteiger partial charge in [-0.05, 0) is 41.5 Å². The predicted octanol–water partition coefficient (Wildman–Crippen LogP) is 4.86. The van der Waals surface area contributed by atoms with E-state index in [0.717, 1.165) is 16.9 Å². The molecule has 0 saturated carbocycles. The fourth-order valence-corrected chi connectivity index (χ4v) is 3.26. The summed E-state index contributed by atoms with van der Waals surface area (Å²) in [4.78, 5) is 26.4. The molecule has 0 N–H and O–H groups in total. The van der Waals surface area contributed by atoms with Gasteiger partial charge in [-0.15, -0.1) is 0 Å². The van der Waals surface area contributed by atoms with Gasteiger partial charge in [0.2, 0.25) is 11.7 Å². The van der Waals surface area contributed by atoms with Crippen LogP contribution >= 0.6 is 0 Å². The lowest BCUT2D eigenvalue weighted by Gasteiger charge is -2.16. The average molecular weight is 369 g/mol. The molecule has 4 heteroatoms. The molecule has 0 unspecified atom stereocenters. The van der Waals surface area contributed by atoms with Crippen molar-refractivity contribution in [2.45, 2.75) is 13.5 Å². The smallest absolute Gasteiger partial charge is 0.228 e. The number of benzene rings is 3. The first kappa shape index (κ1) is 17.7. The highest BCUT2D eigenvalue weighted by atomic mass is 16.5. The highest BCUT2D eigenvalue weighted by molar-refractivity contribution is 6.26. The zero-order valence-electron chi connectivity index (χ0n) is 15.5. The van der Waals surface area contributed by atoms with Gasteiger partial charge in [0, 0.05) is 12.5 Å². The molecule has 0 aromatic heterocycles. The van der Waals surface area contributed by atoms with Crippen LogP contribution in [0.1, 0.15) is 28.4 Å². The quantitative estimate of drug-likeness (QED) is 0.617. The molecular formula is C24H19NO3. The van der Waals surface area contributed by atoms with Crippen LogP contribution in [0.3, 0.4) is 0 Å². The van der Waals surface area contributed by atoms with Crippen molar-refractivity contribution in [3.8, 4) is 5.75 Å². The Morgan fingerprint density at radius 3 is 2.32 bits per heavy atom. The molecule has 0 fully saturated rings. The molecule has 0 saturated heterocycles. The molecule has 138 valence electrons. The number of amides is 1. The van der Waals surface area contributed by atoms with Crippen molar-refractivity contribution in [1.82, 2.24) is 0 Å². The largest absolute Gasteiger partial charge is 0.489 e. The van der Waals surface area contributed by atoms with Gasteiger partial charge in [0.05, 0.1) is 11.4 Å². The Labute approximate surface area is 163 Å². The highest BCUT2D eigenvalue weighted by Crippen LogP contribution is 2.35.